The maximum atomic E-state index is 8.75. The zero-order chi connectivity index (χ0) is 14.4. The molecule has 6 heteroatoms. The van der Waals surface area contributed by atoms with Crippen LogP contribution in [0.4, 0.5) is 0 Å². The third-order valence-electron chi connectivity index (χ3n) is 2.97. The highest BCUT2D eigenvalue weighted by atomic mass is 16.4. The van der Waals surface area contributed by atoms with Gasteiger partial charge in [-0.25, -0.2) is 0 Å². The summed E-state index contributed by atoms with van der Waals surface area (Å²) in [5.74, 6) is 0.953. The summed E-state index contributed by atoms with van der Waals surface area (Å²) in [6.45, 7) is 2.66. The summed E-state index contributed by atoms with van der Waals surface area (Å²) in [4.78, 5) is 4.13. The fourth-order valence-corrected chi connectivity index (χ4v) is 1.95. The molecule has 0 aromatic carbocycles. The number of rotatable bonds is 6. The van der Waals surface area contributed by atoms with Crippen LogP contribution in [0.15, 0.2) is 46.3 Å². The van der Waals surface area contributed by atoms with Gasteiger partial charge in [0.25, 0.3) is 0 Å². The predicted octanol–water partition coefficient (Wildman–Crippen LogP) is 1.49. The summed E-state index contributed by atoms with van der Waals surface area (Å²) in [7, 11) is 0. The Labute approximate surface area is 117 Å². The van der Waals surface area contributed by atoms with E-state index in [9.17, 15) is 0 Å². The maximum Gasteiger partial charge on any atom is 0.189 e. The summed E-state index contributed by atoms with van der Waals surface area (Å²) in [5.41, 5.74) is 6.98. The molecule has 6 nitrogen and oxygen atoms in total. The minimum atomic E-state index is 0.0149. The molecule has 1 atom stereocenters. The van der Waals surface area contributed by atoms with E-state index >= 15 is 0 Å². The van der Waals surface area contributed by atoms with Crippen molar-refractivity contribution in [3.8, 4) is 0 Å². The van der Waals surface area contributed by atoms with Gasteiger partial charge in [0.1, 0.15) is 11.5 Å². The van der Waals surface area contributed by atoms with Crippen molar-refractivity contribution >= 4 is 5.84 Å². The van der Waals surface area contributed by atoms with Crippen LogP contribution >= 0.6 is 0 Å². The maximum absolute atomic E-state index is 8.75. The van der Waals surface area contributed by atoms with Crippen molar-refractivity contribution in [2.75, 3.05) is 0 Å². The number of hydrogen-bond donors (Lipinski definition) is 3. The van der Waals surface area contributed by atoms with Crippen molar-refractivity contribution in [2.45, 2.75) is 25.9 Å². The molecule has 0 saturated heterocycles. The monoisotopic (exact) mass is 274 g/mol. The Bertz CT molecular complexity index is 566. The molecule has 0 fully saturated rings. The Morgan fingerprint density at radius 2 is 2.35 bits per heavy atom. The molecule has 0 amide bonds. The van der Waals surface area contributed by atoms with E-state index < -0.39 is 0 Å². The normalized spacial score (nSPS) is 13.3. The van der Waals surface area contributed by atoms with Crippen LogP contribution in [0.2, 0.25) is 0 Å². The van der Waals surface area contributed by atoms with Crippen LogP contribution in [0.1, 0.15) is 23.9 Å². The van der Waals surface area contributed by atoms with Gasteiger partial charge in [-0.1, -0.05) is 11.2 Å². The van der Waals surface area contributed by atoms with E-state index in [2.05, 4.69) is 22.4 Å². The number of hydrogen-bond acceptors (Lipinski definition) is 5. The highest BCUT2D eigenvalue weighted by molar-refractivity contribution is 5.96. The lowest BCUT2D eigenvalue weighted by molar-refractivity contribution is 0.318. The summed E-state index contributed by atoms with van der Waals surface area (Å²) >= 11 is 0. The van der Waals surface area contributed by atoms with Crippen molar-refractivity contribution in [1.82, 2.24) is 10.3 Å². The van der Waals surface area contributed by atoms with E-state index in [4.69, 9.17) is 15.4 Å². The van der Waals surface area contributed by atoms with Crippen LogP contribution in [0, 0.1) is 0 Å². The van der Waals surface area contributed by atoms with Crippen molar-refractivity contribution in [2.24, 2.45) is 10.9 Å². The Hall–Kier alpha value is -2.34. The zero-order valence-corrected chi connectivity index (χ0v) is 11.3. The van der Waals surface area contributed by atoms with Gasteiger partial charge >= 0.3 is 0 Å². The van der Waals surface area contributed by atoms with E-state index in [1.807, 2.05) is 24.3 Å². The molecule has 0 aliphatic rings. The molecule has 0 saturated carbocycles. The van der Waals surface area contributed by atoms with E-state index in [1.165, 1.54) is 0 Å². The average Bonchev–Trinajstić information content (AvgIpc) is 2.97. The Morgan fingerprint density at radius 1 is 1.50 bits per heavy atom. The molecule has 106 valence electrons. The fourth-order valence-electron chi connectivity index (χ4n) is 1.95. The first kappa shape index (κ1) is 14.1. The van der Waals surface area contributed by atoms with Gasteiger partial charge in [-0.2, -0.15) is 0 Å². The van der Waals surface area contributed by atoms with Crippen molar-refractivity contribution in [3.63, 3.8) is 0 Å². The largest absolute Gasteiger partial charge is 0.469 e. The van der Waals surface area contributed by atoms with Crippen molar-refractivity contribution in [1.29, 1.82) is 0 Å². The van der Waals surface area contributed by atoms with E-state index in [0.717, 1.165) is 17.7 Å². The van der Waals surface area contributed by atoms with E-state index in [1.54, 1.807) is 12.5 Å². The van der Waals surface area contributed by atoms with Gasteiger partial charge in [-0.15, -0.1) is 0 Å². The number of oxime groups is 1. The van der Waals surface area contributed by atoms with Crippen molar-refractivity contribution in [3.05, 3.63) is 53.7 Å². The van der Waals surface area contributed by atoms with Gasteiger partial charge < -0.3 is 20.7 Å². The Morgan fingerprint density at radius 3 is 3.05 bits per heavy atom. The highest BCUT2D eigenvalue weighted by Crippen LogP contribution is 2.07. The predicted molar refractivity (Wildman–Crippen MR) is 75.5 cm³/mol. The minimum absolute atomic E-state index is 0.0149. The van der Waals surface area contributed by atoms with Crippen LogP contribution in [-0.4, -0.2) is 22.1 Å². The third-order valence-corrected chi connectivity index (χ3v) is 2.97. The molecule has 2 heterocycles. The second kappa shape index (κ2) is 6.72. The molecule has 20 heavy (non-hydrogen) atoms. The van der Waals surface area contributed by atoms with Crippen LogP contribution in [-0.2, 0) is 13.0 Å². The molecule has 2 aromatic rings. The summed E-state index contributed by atoms with van der Waals surface area (Å²) in [6, 6.07) is 7.78. The molecule has 0 spiro atoms. The zero-order valence-electron chi connectivity index (χ0n) is 11.3. The first-order chi connectivity index (χ1) is 9.70. The minimum Gasteiger partial charge on any atom is -0.469 e. The molecule has 2 rings (SSSR count). The number of nitrogens with one attached hydrogen (secondary N) is 1. The van der Waals surface area contributed by atoms with Crippen LogP contribution in [0.25, 0.3) is 0 Å². The number of nitrogens with zero attached hydrogens (tertiary/aromatic N) is 2. The summed E-state index contributed by atoms with van der Waals surface area (Å²) in [6.07, 6.45) is 4.08. The number of aromatic nitrogens is 1. The van der Waals surface area contributed by atoms with E-state index in [-0.39, 0.29) is 11.9 Å². The molecule has 0 aliphatic heterocycles. The lowest BCUT2D eigenvalue weighted by atomic mass is 10.1. The lowest BCUT2D eigenvalue weighted by Gasteiger charge is -2.14. The van der Waals surface area contributed by atoms with Gasteiger partial charge in [0, 0.05) is 25.2 Å². The third kappa shape index (κ3) is 3.58. The average molecular weight is 274 g/mol. The summed E-state index contributed by atoms with van der Waals surface area (Å²) < 4.78 is 5.31. The quantitative estimate of drug-likeness (QED) is 0.321. The molecule has 0 bridgehead atoms. The molecule has 0 radical (unpaired) electrons. The lowest BCUT2D eigenvalue weighted by Crippen LogP contribution is -2.29. The number of nitrogens with two attached hydrogens (primary N) is 1. The second-order valence-corrected chi connectivity index (χ2v) is 4.56. The SMILES string of the molecule is CC(Cc1ccco1)NCc1cccnc1C(N)=NO. The van der Waals surface area contributed by atoms with E-state index in [0.29, 0.717) is 12.2 Å². The number of furan rings is 1. The second-order valence-electron chi connectivity index (χ2n) is 4.56. The van der Waals surface area contributed by atoms with Crippen LogP contribution in [0.5, 0.6) is 0 Å². The first-order valence-electron chi connectivity index (χ1n) is 6.38. The molecule has 2 aromatic heterocycles. The molecular weight excluding hydrogens is 256 g/mol. The van der Waals surface area contributed by atoms with Crippen molar-refractivity contribution < 1.29 is 9.62 Å². The van der Waals surface area contributed by atoms with Gasteiger partial charge in [0.15, 0.2) is 5.84 Å². The van der Waals surface area contributed by atoms with Gasteiger partial charge in [-0.05, 0) is 30.7 Å². The van der Waals surface area contributed by atoms with Gasteiger partial charge in [0.2, 0.25) is 0 Å². The smallest absolute Gasteiger partial charge is 0.189 e. The van der Waals surface area contributed by atoms with Crippen LogP contribution in [0.3, 0.4) is 0 Å². The molecular formula is C14H18N4O2. The number of pyridine rings is 1. The topological polar surface area (TPSA) is 96.7 Å². The first-order valence-corrected chi connectivity index (χ1v) is 6.38. The standard InChI is InChI=1S/C14H18N4O2/c1-10(8-12-5-3-7-20-12)17-9-11-4-2-6-16-13(11)14(15)18-19/h2-7,10,17,19H,8-9H2,1H3,(H2,15,18). The molecule has 0 aliphatic carbocycles. The Kier molecular flexibility index (Phi) is 4.73. The Balaban J connectivity index is 1.97. The molecule has 4 N–H and O–H groups in total. The summed E-state index contributed by atoms with van der Waals surface area (Å²) in [5, 5.41) is 15.1. The fraction of sp³-hybridized carbons (Fsp3) is 0.286. The van der Waals surface area contributed by atoms with Gasteiger partial charge in [0.05, 0.1) is 6.26 Å². The highest BCUT2D eigenvalue weighted by Gasteiger charge is 2.10. The number of amidine groups is 1. The van der Waals surface area contributed by atoms with Gasteiger partial charge in [-0.3, -0.25) is 4.98 Å². The van der Waals surface area contributed by atoms with Crippen LogP contribution < -0.4 is 11.1 Å². The molecule has 1 unspecified atom stereocenters.